The topological polar surface area (TPSA) is 69.7 Å². The molecular weight excluding hydrogens is 374 g/mol. The zero-order valence-corrected chi connectivity index (χ0v) is 17.2. The van der Waals surface area contributed by atoms with Gasteiger partial charge in [0.25, 0.3) is 5.91 Å². The maximum absolute atomic E-state index is 12.6. The minimum atomic E-state index is -3.34. The first-order valence-corrected chi connectivity index (χ1v) is 11.1. The standard InChI is InChI=1S/C21H27N3O3S/c1-17(19-6-4-3-5-7-19)22-21(25)20-10-8-18(9-11-20)16-28(26,27)24-14-12-23(2)13-15-24/h3-11,17H,12-16H2,1-2H3,(H,22,25). The van der Waals surface area contributed by atoms with Gasteiger partial charge in [0, 0.05) is 31.7 Å². The van der Waals surface area contributed by atoms with Gasteiger partial charge in [0.15, 0.2) is 0 Å². The lowest BCUT2D eigenvalue weighted by Gasteiger charge is -2.31. The highest BCUT2D eigenvalue weighted by Gasteiger charge is 2.25. The van der Waals surface area contributed by atoms with Gasteiger partial charge in [-0.2, -0.15) is 4.31 Å². The molecule has 1 saturated heterocycles. The van der Waals surface area contributed by atoms with Crippen molar-refractivity contribution < 1.29 is 13.2 Å². The van der Waals surface area contributed by atoms with Crippen molar-refractivity contribution in [1.82, 2.24) is 14.5 Å². The number of sulfonamides is 1. The Balaban J connectivity index is 1.60. The third-order valence-corrected chi connectivity index (χ3v) is 6.92. The Hall–Kier alpha value is -2.22. The Labute approximate surface area is 167 Å². The number of nitrogens with zero attached hydrogens (tertiary/aromatic N) is 2. The molecule has 150 valence electrons. The predicted molar refractivity (Wildman–Crippen MR) is 110 cm³/mol. The Bertz CT molecular complexity index is 890. The maximum atomic E-state index is 12.6. The smallest absolute Gasteiger partial charge is 0.251 e. The van der Waals surface area contributed by atoms with Gasteiger partial charge in [-0.25, -0.2) is 8.42 Å². The molecule has 1 heterocycles. The molecule has 1 atom stereocenters. The summed E-state index contributed by atoms with van der Waals surface area (Å²) >= 11 is 0. The summed E-state index contributed by atoms with van der Waals surface area (Å²) in [6.07, 6.45) is 0. The summed E-state index contributed by atoms with van der Waals surface area (Å²) in [5.74, 6) is -0.219. The molecular formula is C21H27N3O3S. The summed E-state index contributed by atoms with van der Waals surface area (Å²) in [5, 5.41) is 2.97. The summed E-state index contributed by atoms with van der Waals surface area (Å²) in [6, 6.07) is 16.4. The molecule has 0 saturated carbocycles. The molecule has 2 aromatic carbocycles. The predicted octanol–water partition coefficient (Wildman–Crippen LogP) is 2.25. The van der Waals surface area contributed by atoms with Crippen molar-refractivity contribution in [1.29, 1.82) is 0 Å². The number of hydrogen-bond donors (Lipinski definition) is 1. The Kier molecular flexibility index (Phi) is 6.49. The SMILES string of the molecule is CC(NC(=O)c1ccc(CS(=O)(=O)N2CCN(C)CC2)cc1)c1ccccc1. The second kappa shape index (κ2) is 8.86. The van der Waals surface area contributed by atoms with Crippen LogP contribution in [0.4, 0.5) is 0 Å². The average Bonchev–Trinajstić information content (AvgIpc) is 2.69. The van der Waals surface area contributed by atoms with Gasteiger partial charge < -0.3 is 10.2 Å². The molecule has 1 aliphatic rings. The van der Waals surface area contributed by atoms with E-state index < -0.39 is 10.0 Å². The summed E-state index contributed by atoms with van der Waals surface area (Å²) in [4.78, 5) is 14.6. The van der Waals surface area contributed by atoms with E-state index in [-0.39, 0.29) is 17.7 Å². The van der Waals surface area contributed by atoms with Crippen LogP contribution in [-0.4, -0.2) is 56.8 Å². The van der Waals surface area contributed by atoms with Crippen molar-refractivity contribution in [2.45, 2.75) is 18.7 Å². The molecule has 0 aliphatic carbocycles. The lowest BCUT2D eigenvalue weighted by molar-refractivity contribution is 0.0940. The fourth-order valence-corrected chi connectivity index (χ4v) is 4.74. The highest BCUT2D eigenvalue weighted by molar-refractivity contribution is 7.88. The van der Waals surface area contributed by atoms with Gasteiger partial charge in [-0.1, -0.05) is 42.5 Å². The fraction of sp³-hybridized carbons (Fsp3) is 0.381. The molecule has 1 amide bonds. The van der Waals surface area contributed by atoms with E-state index in [0.717, 1.165) is 18.7 Å². The molecule has 1 N–H and O–H groups in total. The Morgan fingerprint density at radius 1 is 1.00 bits per heavy atom. The van der Waals surface area contributed by atoms with Gasteiger partial charge in [0.1, 0.15) is 0 Å². The van der Waals surface area contributed by atoms with Crippen LogP contribution >= 0.6 is 0 Å². The van der Waals surface area contributed by atoms with E-state index in [1.807, 2.05) is 44.3 Å². The summed E-state index contributed by atoms with van der Waals surface area (Å²) in [7, 11) is -1.35. The number of hydrogen-bond acceptors (Lipinski definition) is 4. The van der Waals surface area contributed by atoms with Crippen LogP contribution in [0.15, 0.2) is 54.6 Å². The molecule has 3 rings (SSSR count). The van der Waals surface area contributed by atoms with E-state index in [4.69, 9.17) is 0 Å². The van der Waals surface area contributed by atoms with Gasteiger partial charge >= 0.3 is 0 Å². The molecule has 0 bridgehead atoms. The fourth-order valence-electron chi connectivity index (χ4n) is 3.23. The molecule has 1 aliphatic heterocycles. The number of piperazine rings is 1. The molecule has 28 heavy (non-hydrogen) atoms. The normalized spacial score (nSPS) is 17.2. The van der Waals surface area contributed by atoms with Crippen LogP contribution in [0.1, 0.15) is 34.5 Å². The van der Waals surface area contributed by atoms with Crippen LogP contribution in [0, 0.1) is 0 Å². The number of benzene rings is 2. The van der Waals surface area contributed by atoms with Crippen LogP contribution in [0.5, 0.6) is 0 Å². The molecule has 2 aromatic rings. The number of carbonyl (C=O) groups excluding carboxylic acids is 1. The minimum absolute atomic E-state index is 0.0426. The lowest BCUT2D eigenvalue weighted by atomic mass is 10.1. The molecule has 0 spiro atoms. The lowest BCUT2D eigenvalue weighted by Crippen LogP contribution is -2.47. The molecule has 6 nitrogen and oxygen atoms in total. The van der Waals surface area contributed by atoms with Gasteiger partial charge in [0.05, 0.1) is 11.8 Å². The van der Waals surface area contributed by atoms with Crippen molar-refractivity contribution >= 4 is 15.9 Å². The number of nitrogens with one attached hydrogen (secondary N) is 1. The van der Waals surface area contributed by atoms with Crippen LogP contribution in [0.3, 0.4) is 0 Å². The molecule has 7 heteroatoms. The van der Waals surface area contributed by atoms with E-state index in [2.05, 4.69) is 10.2 Å². The van der Waals surface area contributed by atoms with Crippen molar-refractivity contribution in [3.8, 4) is 0 Å². The van der Waals surface area contributed by atoms with E-state index in [1.165, 1.54) is 0 Å². The Morgan fingerprint density at radius 2 is 1.61 bits per heavy atom. The third kappa shape index (κ3) is 5.19. The molecule has 1 unspecified atom stereocenters. The van der Waals surface area contributed by atoms with E-state index in [1.54, 1.807) is 28.6 Å². The summed E-state index contributed by atoms with van der Waals surface area (Å²) < 4.78 is 26.8. The monoisotopic (exact) mass is 401 g/mol. The average molecular weight is 402 g/mol. The second-order valence-corrected chi connectivity index (χ2v) is 9.23. The zero-order valence-electron chi connectivity index (χ0n) is 16.3. The maximum Gasteiger partial charge on any atom is 0.251 e. The minimum Gasteiger partial charge on any atom is -0.346 e. The first kappa shape index (κ1) is 20.5. The van der Waals surface area contributed by atoms with Gasteiger partial charge in [-0.05, 0) is 37.2 Å². The van der Waals surface area contributed by atoms with Crippen LogP contribution in [-0.2, 0) is 15.8 Å². The molecule has 0 aromatic heterocycles. The Morgan fingerprint density at radius 3 is 2.21 bits per heavy atom. The third-order valence-electron chi connectivity index (χ3n) is 5.07. The zero-order chi connectivity index (χ0) is 20.1. The van der Waals surface area contributed by atoms with Gasteiger partial charge in [-0.15, -0.1) is 0 Å². The highest BCUT2D eigenvalue weighted by Crippen LogP contribution is 2.16. The van der Waals surface area contributed by atoms with Crippen molar-refractivity contribution in [3.05, 3.63) is 71.3 Å². The number of carbonyl (C=O) groups is 1. The number of likely N-dealkylation sites (N-methyl/N-ethyl adjacent to an activating group) is 1. The quantitative estimate of drug-likeness (QED) is 0.806. The molecule has 0 radical (unpaired) electrons. The first-order valence-electron chi connectivity index (χ1n) is 9.46. The van der Waals surface area contributed by atoms with E-state index >= 15 is 0 Å². The van der Waals surface area contributed by atoms with Crippen molar-refractivity contribution in [3.63, 3.8) is 0 Å². The van der Waals surface area contributed by atoms with Crippen LogP contribution in [0.2, 0.25) is 0 Å². The largest absolute Gasteiger partial charge is 0.346 e. The van der Waals surface area contributed by atoms with Crippen molar-refractivity contribution in [2.75, 3.05) is 33.2 Å². The number of amides is 1. The second-order valence-electron chi connectivity index (χ2n) is 7.26. The van der Waals surface area contributed by atoms with E-state index in [9.17, 15) is 13.2 Å². The van der Waals surface area contributed by atoms with Crippen LogP contribution < -0.4 is 5.32 Å². The summed E-state index contributed by atoms with van der Waals surface area (Å²) in [5.41, 5.74) is 2.24. The van der Waals surface area contributed by atoms with Gasteiger partial charge in [0.2, 0.25) is 10.0 Å². The summed E-state index contributed by atoms with van der Waals surface area (Å²) in [6.45, 7) is 4.48. The number of rotatable bonds is 6. The molecule has 1 fully saturated rings. The van der Waals surface area contributed by atoms with E-state index in [0.29, 0.717) is 24.2 Å². The van der Waals surface area contributed by atoms with Gasteiger partial charge in [-0.3, -0.25) is 4.79 Å². The first-order chi connectivity index (χ1) is 13.3. The van der Waals surface area contributed by atoms with Crippen LogP contribution in [0.25, 0.3) is 0 Å². The van der Waals surface area contributed by atoms with Crippen molar-refractivity contribution in [2.24, 2.45) is 0 Å². The highest BCUT2D eigenvalue weighted by atomic mass is 32.2.